The van der Waals surface area contributed by atoms with Crippen LogP contribution in [0.25, 0.3) is 0 Å². The summed E-state index contributed by atoms with van der Waals surface area (Å²) in [6.07, 6.45) is 8.66. The molecule has 2 aliphatic rings. The number of aryl methyl sites for hydroxylation is 1. The minimum absolute atomic E-state index is 0.168. The average molecular weight is 303 g/mol. The molecule has 0 atom stereocenters. The fourth-order valence-corrected chi connectivity index (χ4v) is 3.22. The number of nitrogens with one attached hydrogen (secondary N) is 1. The molecule has 0 aromatic heterocycles. The first kappa shape index (κ1) is 15.2. The van der Waals surface area contributed by atoms with Crippen molar-refractivity contribution >= 4 is 5.91 Å². The Labute approximate surface area is 132 Å². The lowest BCUT2D eigenvalue weighted by Crippen LogP contribution is -2.34. The number of benzene rings is 1. The molecule has 120 valence electrons. The predicted octanol–water partition coefficient (Wildman–Crippen LogP) is 3.23. The predicted molar refractivity (Wildman–Crippen MR) is 85.4 cm³/mol. The van der Waals surface area contributed by atoms with Crippen molar-refractivity contribution in [3.63, 3.8) is 0 Å². The quantitative estimate of drug-likeness (QED) is 0.869. The molecule has 0 saturated heterocycles. The van der Waals surface area contributed by atoms with Gasteiger partial charge in [0.25, 0.3) is 0 Å². The van der Waals surface area contributed by atoms with E-state index in [4.69, 9.17) is 9.47 Å². The summed E-state index contributed by atoms with van der Waals surface area (Å²) in [6.45, 7) is 1.20. The van der Waals surface area contributed by atoms with E-state index in [0.29, 0.717) is 25.7 Å². The first-order valence-corrected chi connectivity index (χ1v) is 8.49. The Balaban J connectivity index is 1.48. The number of ether oxygens (including phenoxy) is 2. The Morgan fingerprint density at radius 1 is 1.05 bits per heavy atom. The number of hydrogen-bond donors (Lipinski definition) is 1. The average Bonchev–Trinajstić information content (AvgIpc) is 2.81. The molecule has 22 heavy (non-hydrogen) atoms. The molecule has 1 aliphatic carbocycles. The van der Waals surface area contributed by atoms with E-state index in [1.54, 1.807) is 0 Å². The van der Waals surface area contributed by atoms with E-state index in [0.717, 1.165) is 36.3 Å². The summed E-state index contributed by atoms with van der Waals surface area (Å²) >= 11 is 0. The fourth-order valence-electron chi connectivity index (χ4n) is 3.22. The highest BCUT2D eigenvalue weighted by molar-refractivity contribution is 5.76. The molecule has 0 spiro atoms. The van der Waals surface area contributed by atoms with Crippen LogP contribution in [0, 0.1) is 0 Å². The monoisotopic (exact) mass is 303 g/mol. The molecule has 1 amide bonds. The van der Waals surface area contributed by atoms with Crippen molar-refractivity contribution in [2.75, 3.05) is 13.2 Å². The van der Waals surface area contributed by atoms with Crippen molar-refractivity contribution in [1.82, 2.24) is 5.32 Å². The second kappa shape index (κ2) is 7.52. The lowest BCUT2D eigenvalue weighted by molar-refractivity contribution is -0.121. The summed E-state index contributed by atoms with van der Waals surface area (Å²) in [5.41, 5.74) is 1.13. The van der Waals surface area contributed by atoms with Crippen LogP contribution in [0.4, 0.5) is 0 Å². The van der Waals surface area contributed by atoms with Gasteiger partial charge < -0.3 is 14.8 Å². The van der Waals surface area contributed by atoms with Crippen LogP contribution in [-0.2, 0) is 11.2 Å². The highest BCUT2D eigenvalue weighted by Gasteiger charge is 2.15. The Bertz CT molecular complexity index is 507. The first-order valence-electron chi connectivity index (χ1n) is 8.49. The summed E-state index contributed by atoms with van der Waals surface area (Å²) in [5.74, 6) is 1.77. The van der Waals surface area contributed by atoms with Gasteiger partial charge in [0.2, 0.25) is 5.91 Å². The lowest BCUT2D eigenvalue weighted by atomic mass is 10.1. The summed E-state index contributed by atoms with van der Waals surface area (Å²) in [7, 11) is 0. The standard InChI is InChI=1S/C18H25NO3/c20-18(19-15-5-3-1-2-4-6-15)10-8-14-7-9-16-17(13-14)22-12-11-21-16/h7,9,13,15H,1-6,8,10-12H2,(H,19,20). The van der Waals surface area contributed by atoms with Gasteiger partial charge in [-0.25, -0.2) is 0 Å². The molecule has 4 nitrogen and oxygen atoms in total. The van der Waals surface area contributed by atoms with E-state index >= 15 is 0 Å². The van der Waals surface area contributed by atoms with Gasteiger partial charge in [-0.15, -0.1) is 0 Å². The minimum Gasteiger partial charge on any atom is -0.486 e. The number of hydrogen-bond acceptors (Lipinski definition) is 3. The second-order valence-corrected chi connectivity index (χ2v) is 6.23. The van der Waals surface area contributed by atoms with Crippen molar-refractivity contribution in [1.29, 1.82) is 0 Å². The second-order valence-electron chi connectivity index (χ2n) is 6.23. The minimum atomic E-state index is 0.168. The van der Waals surface area contributed by atoms with Gasteiger partial charge in [0, 0.05) is 12.5 Å². The molecule has 1 N–H and O–H groups in total. The maximum atomic E-state index is 12.1. The summed E-state index contributed by atoms with van der Waals surface area (Å²) < 4.78 is 11.1. The van der Waals surface area contributed by atoms with Gasteiger partial charge in [0.15, 0.2) is 11.5 Å². The number of carbonyl (C=O) groups excluding carboxylic acids is 1. The van der Waals surface area contributed by atoms with E-state index in [2.05, 4.69) is 5.32 Å². The number of amides is 1. The zero-order chi connectivity index (χ0) is 15.2. The van der Waals surface area contributed by atoms with Crippen molar-refractivity contribution in [3.05, 3.63) is 23.8 Å². The molecular weight excluding hydrogens is 278 g/mol. The number of carbonyl (C=O) groups is 1. The van der Waals surface area contributed by atoms with Gasteiger partial charge in [0.1, 0.15) is 13.2 Å². The van der Waals surface area contributed by atoms with Crippen LogP contribution in [0.15, 0.2) is 18.2 Å². The molecule has 0 unspecified atom stereocenters. The Kier molecular flexibility index (Phi) is 5.20. The van der Waals surface area contributed by atoms with Crippen LogP contribution in [0.1, 0.15) is 50.5 Å². The van der Waals surface area contributed by atoms with Gasteiger partial charge in [-0.3, -0.25) is 4.79 Å². The number of fused-ring (bicyclic) bond motifs is 1. The van der Waals surface area contributed by atoms with Gasteiger partial charge in [-0.05, 0) is 37.0 Å². The Morgan fingerprint density at radius 2 is 1.77 bits per heavy atom. The van der Waals surface area contributed by atoms with E-state index in [9.17, 15) is 4.79 Å². The highest BCUT2D eigenvalue weighted by Crippen LogP contribution is 2.31. The molecule has 3 rings (SSSR count). The summed E-state index contributed by atoms with van der Waals surface area (Å²) in [4.78, 5) is 12.1. The van der Waals surface area contributed by atoms with Gasteiger partial charge in [-0.2, -0.15) is 0 Å². The SMILES string of the molecule is O=C(CCc1ccc2c(c1)OCCO2)NC1CCCCCC1. The Morgan fingerprint density at radius 3 is 2.55 bits per heavy atom. The van der Waals surface area contributed by atoms with E-state index in [1.165, 1.54) is 25.7 Å². The molecule has 1 heterocycles. The molecule has 1 aliphatic heterocycles. The molecule has 1 saturated carbocycles. The summed E-state index contributed by atoms with van der Waals surface area (Å²) in [5, 5.41) is 3.20. The third kappa shape index (κ3) is 4.15. The Hall–Kier alpha value is -1.71. The maximum absolute atomic E-state index is 12.1. The molecule has 1 fully saturated rings. The zero-order valence-corrected chi connectivity index (χ0v) is 13.1. The van der Waals surface area contributed by atoms with E-state index < -0.39 is 0 Å². The van der Waals surface area contributed by atoms with Crippen LogP contribution in [0.2, 0.25) is 0 Å². The van der Waals surface area contributed by atoms with Gasteiger partial charge in [-0.1, -0.05) is 31.7 Å². The number of rotatable bonds is 4. The molecule has 1 aromatic carbocycles. The van der Waals surface area contributed by atoms with Crippen LogP contribution >= 0.6 is 0 Å². The topological polar surface area (TPSA) is 47.6 Å². The van der Waals surface area contributed by atoms with Crippen LogP contribution in [-0.4, -0.2) is 25.2 Å². The normalized spacial score (nSPS) is 18.5. The van der Waals surface area contributed by atoms with Crippen molar-refractivity contribution in [2.45, 2.75) is 57.4 Å². The van der Waals surface area contributed by atoms with Crippen molar-refractivity contribution < 1.29 is 14.3 Å². The van der Waals surface area contributed by atoms with Crippen LogP contribution in [0.5, 0.6) is 11.5 Å². The third-order valence-corrected chi connectivity index (χ3v) is 4.47. The molecule has 0 bridgehead atoms. The highest BCUT2D eigenvalue weighted by atomic mass is 16.6. The molecule has 0 radical (unpaired) electrons. The summed E-state index contributed by atoms with van der Waals surface area (Å²) in [6, 6.07) is 6.34. The van der Waals surface area contributed by atoms with Crippen LogP contribution < -0.4 is 14.8 Å². The largest absolute Gasteiger partial charge is 0.486 e. The maximum Gasteiger partial charge on any atom is 0.220 e. The molecule has 4 heteroatoms. The van der Waals surface area contributed by atoms with E-state index in [-0.39, 0.29) is 5.91 Å². The van der Waals surface area contributed by atoms with Gasteiger partial charge in [0.05, 0.1) is 0 Å². The van der Waals surface area contributed by atoms with E-state index in [1.807, 2.05) is 18.2 Å². The van der Waals surface area contributed by atoms with Gasteiger partial charge >= 0.3 is 0 Å². The fraction of sp³-hybridized carbons (Fsp3) is 0.611. The van der Waals surface area contributed by atoms with Crippen molar-refractivity contribution in [2.24, 2.45) is 0 Å². The third-order valence-electron chi connectivity index (χ3n) is 4.47. The lowest BCUT2D eigenvalue weighted by Gasteiger charge is -2.19. The zero-order valence-electron chi connectivity index (χ0n) is 13.1. The van der Waals surface area contributed by atoms with Crippen molar-refractivity contribution in [3.8, 4) is 11.5 Å². The molecular formula is C18H25NO3. The van der Waals surface area contributed by atoms with Crippen LogP contribution in [0.3, 0.4) is 0 Å². The first-order chi connectivity index (χ1) is 10.8. The molecule has 1 aromatic rings. The smallest absolute Gasteiger partial charge is 0.220 e.